The fourth-order valence-corrected chi connectivity index (χ4v) is 4.78. The minimum absolute atomic E-state index is 0.0846. The fraction of sp³-hybridized carbons (Fsp3) is 0.167. The molecule has 2 N–H and O–H groups in total. The number of benzene rings is 3. The van der Waals surface area contributed by atoms with Gasteiger partial charge < -0.3 is 9.84 Å². The molecule has 3 rings (SSSR count). The third-order valence-corrected chi connectivity index (χ3v) is 7.30. The molecule has 0 bridgehead atoms. The van der Waals surface area contributed by atoms with E-state index in [1.54, 1.807) is 30.3 Å². The van der Waals surface area contributed by atoms with Gasteiger partial charge in [-0.2, -0.15) is 9.41 Å². The van der Waals surface area contributed by atoms with Gasteiger partial charge in [0.15, 0.2) is 11.5 Å². The maximum atomic E-state index is 13.3. The van der Waals surface area contributed by atoms with Crippen molar-refractivity contribution >= 4 is 38.1 Å². The van der Waals surface area contributed by atoms with Crippen molar-refractivity contribution in [3.05, 3.63) is 88.4 Å². The number of ether oxygens (including phenoxy) is 1. The number of phenols is 1. The second kappa shape index (κ2) is 11.8. The molecule has 0 saturated heterocycles. The fourth-order valence-electron chi connectivity index (χ4n) is 3.12. The molecule has 0 saturated carbocycles. The SMILES string of the molecule is COc1cccc(/C=N\NC(=O)CN(CCc2ccccc2)S(=O)(=O)c2ccc(Br)cc2)c1O. The van der Waals surface area contributed by atoms with Gasteiger partial charge in [0.1, 0.15) is 0 Å². The molecule has 0 aromatic heterocycles. The summed E-state index contributed by atoms with van der Waals surface area (Å²) in [6, 6.07) is 20.5. The summed E-state index contributed by atoms with van der Waals surface area (Å²) in [7, 11) is -2.51. The summed E-state index contributed by atoms with van der Waals surface area (Å²) >= 11 is 3.30. The zero-order chi connectivity index (χ0) is 24.6. The summed E-state index contributed by atoms with van der Waals surface area (Å²) in [5.41, 5.74) is 3.61. The molecule has 178 valence electrons. The van der Waals surface area contributed by atoms with E-state index in [4.69, 9.17) is 4.74 Å². The lowest BCUT2D eigenvalue weighted by Crippen LogP contribution is -2.40. The predicted molar refractivity (Wildman–Crippen MR) is 133 cm³/mol. The summed E-state index contributed by atoms with van der Waals surface area (Å²) in [5, 5.41) is 14.0. The Labute approximate surface area is 207 Å². The third-order valence-electron chi connectivity index (χ3n) is 4.91. The lowest BCUT2D eigenvalue weighted by molar-refractivity contribution is -0.121. The van der Waals surface area contributed by atoms with Crippen molar-refractivity contribution in [2.45, 2.75) is 11.3 Å². The summed E-state index contributed by atoms with van der Waals surface area (Å²) in [5.74, 6) is -0.472. The van der Waals surface area contributed by atoms with E-state index in [2.05, 4.69) is 26.5 Å². The number of nitrogens with one attached hydrogen (secondary N) is 1. The number of nitrogens with zero attached hydrogens (tertiary/aromatic N) is 2. The number of hydrogen-bond donors (Lipinski definition) is 2. The smallest absolute Gasteiger partial charge is 0.255 e. The van der Waals surface area contributed by atoms with Crippen LogP contribution in [0.15, 0.2) is 87.3 Å². The molecule has 0 heterocycles. The summed E-state index contributed by atoms with van der Waals surface area (Å²) in [4.78, 5) is 12.7. The van der Waals surface area contributed by atoms with E-state index >= 15 is 0 Å². The van der Waals surface area contributed by atoms with Crippen molar-refractivity contribution in [1.29, 1.82) is 0 Å². The highest BCUT2D eigenvalue weighted by Crippen LogP contribution is 2.28. The number of rotatable bonds is 10. The lowest BCUT2D eigenvalue weighted by atomic mass is 10.1. The predicted octanol–water partition coefficient (Wildman–Crippen LogP) is 3.55. The first-order valence-corrected chi connectivity index (χ1v) is 12.5. The number of hydrazone groups is 1. The average Bonchev–Trinajstić information content (AvgIpc) is 2.83. The second-order valence-corrected chi connectivity index (χ2v) is 10.1. The van der Waals surface area contributed by atoms with Crippen LogP contribution in [-0.4, -0.2) is 50.2 Å². The third kappa shape index (κ3) is 6.66. The summed E-state index contributed by atoms with van der Waals surface area (Å²) in [6.45, 7) is -0.317. The minimum atomic E-state index is -3.93. The molecule has 0 aliphatic heterocycles. The number of aromatic hydroxyl groups is 1. The maximum Gasteiger partial charge on any atom is 0.255 e. The largest absolute Gasteiger partial charge is 0.504 e. The Bertz CT molecular complexity index is 1250. The first-order valence-electron chi connectivity index (χ1n) is 10.3. The number of sulfonamides is 1. The highest BCUT2D eigenvalue weighted by Gasteiger charge is 2.26. The Hall–Kier alpha value is -3.21. The summed E-state index contributed by atoms with van der Waals surface area (Å²) in [6.07, 6.45) is 1.69. The summed E-state index contributed by atoms with van der Waals surface area (Å²) < 4.78 is 33.4. The number of methoxy groups -OCH3 is 1. The quantitative estimate of drug-likeness (QED) is 0.299. The van der Waals surface area contributed by atoms with Crippen LogP contribution in [0.25, 0.3) is 0 Å². The van der Waals surface area contributed by atoms with Crippen LogP contribution in [0.4, 0.5) is 0 Å². The van der Waals surface area contributed by atoms with E-state index in [-0.39, 0.29) is 22.9 Å². The van der Waals surface area contributed by atoms with Crippen LogP contribution in [0, 0.1) is 0 Å². The Balaban J connectivity index is 1.75. The minimum Gasteiger partial charge on any atom is -0.504 e. The molecule has 34 heavy (non-hydrogen) atoms. The van der Waals surface area contributed by atoms with Gasteiger partial charge in [-0.15, -0.1) is 0 Å². The van der Waals surface area contributed by atoms with E-state index in [0.717, 1.165) is 14.3 Å². The van der Waals surface area contributed by atoms with Crippen LogP contribution in [0.1, 0.15) is 11.1 Å². The normalized spacial score (nSPS) is 11.6. The number of phenolic OH excluding ortho intramolecular Hbond substituents is 1. The van der Waals surface area contributed by atoms with Gasteiger partial charge in [-0.25, -0.2) is 13.8 Å². The Morgan fingerprint density at radius 1 is 1.09 bits per heavy atom. The van der Waals surface area contributed by atoms with Crippen LogP contribution in [0.5, 0.6) is 11.5 Å². The van der Waals surface area contributed by atoms with Crippen LogP contribution < -0.4 is 10.2 Å². The highest BCUT2D eigenvalue weighted by atomic mass is 79.9. The van der Waals surface area contributed by atoms with Crippen molar-refractivity contribution in [2.24, 2.45) is 5.10 Å². The Kier molecular flexibility index (Phi) is 8.80. The molecule has 8 nitrogen and oxygen atoms in total. The standard InChI is InChI=1S/C24H24BrN3O5S/c1-33-22-9-5-8-19(24(22)30)16-26-27-23(29)17-28(15-14-18-6-3-2-4-7-18)34(31,32)21-12-10-20(25)11-13-21/h2-13,16,30H,14-15,17H2,1H3,(H,27,29)/b26-16-. The molecule has 0 aliphatic carbocycles. The number of amides is 1. The van der Waals surface area contributed by atoms with Gasteiger partial charge in [0.2, 0.25) is 10.0 Å². The topological polar surface area (TPSA) is 108 Å². The van der Waals surface area contributed by atoms with E-state index in [9.17, 15) is 18.3 Å². The van der Waals surface area contributed by atoms with Crippen molar-refractivity contribution < 1.29 is 23.1 Å². The number of para-hydroxylation sites is 1. The molecule has 3 aromatic rings. The molecule has 0 aliphatic rings. The van der Waals surface area contributed by atoms with Crippen molar-refractivity contribution in [3.8, 4) is 11.5 Å². The van der Waals surface area contributed by atoms with E-state index in [0.29, 0.717) is 12.0 Å². The van der Waals surface area contributed by atoms with Crippen molar-refractivity contribution in [2.75, 3.05) is 20.2 Å². The van der Waals surface area contributed by atoms with Gasteiger partial charge in [0.25, 0.3) is 5.91 Å². The average molecular weight is 546 g/mol. The Morgan fingerprint density at radius 2 is 1.79 bits per heavy atom. The zero-order valence-electron chi connectivity index (χ0n) is 18.4. The van der Waals surface area contributed by atoms with Crippen molar-refractivity contribution in [1.82, 2.24) is 9.73 Å². The number of halogens is 1. The molecule has 0 radical (unpaired) electrons. The van der Waals surface area contributed by atoms with Gasteiger partial charge in [0.05, 0.1) is 24.8 Å². The monoisotopic (exact) mass is 545 g/mol. The first kappa shape index (κ1) is 25.4. The van der Waals surface area contributed by atoms with E-state index in [1.165, 1.54) is 25.5 Å². The molecule has 10 heteroatoms. The maximum absolute atomic E-state index is 13.3. The van der Waals surface area contributed by atoms with Gasteiger partial charge in [-0.1, -0.05) is 52.3 Å². The number of hydrogen-bond acceptors (Lipinski definition) is 6. The van der Waals surface area contributed by atoms with Crippen molar-refractivity contribution in [3.63, 3.8) is 0 Å². The van der Waals surface area contributed by atoms with Crippen LogP contribution in [-0.2, 0) is 21.2 Å². The molecule has 0 unspecified atom stereocenters. The van der Waals surface area contributed by atoms with E-state index in [1.807, 2.05) is 30.3 Å². The number of carbonyl (C=O) groups excluding carboxylic acids is 1. The molecule has 0 spiro atoms. The molecular weight excluding hydrogens is 522 g/mol. The van der Waals surface area contributed by atoms with Gasteiger partial charge in [-0.05, 0) is 48.4 Å². The van der Waals surface area contributed by atoms with Gasteiger partial charge in [0, 0.05) is 16.6 Å². The first-order chi connectivity index (χ1) is 16.3. The molecule has 3 aromatic carbocycles. The van der Waals surface area contributed by atoms with Crippen LogP contribution in [0.2, 0.25) is 0 Å². The molecule has 0 fully saturated rings. The van der Waals surface area contributed by atoms with Crippen LogP contribution >= 0.6 is 15.9 Å². The molecule has 1 amide bonds. The van der Waals surface area contributed by atoms with E-state index < -0.39 is 22.5 Å². The lowest BCUT2D eigenvalue weighted by Gasteiger charge is -2.21. The second-order valence-electron chi connectivity index (χ2n) is 7.22. The molecule has 0 atom stereocenters. The molecular formula is C24H24BrN3O5S. The number of carbonyl (C=O) groups is 1. The van der Waals surface area contributed by atoms with Crippen LogP contribution in [0.3, 0.4) is 0 Å². The van der Waals surface area contributed by atoms with Gasteiger partial charge >= 0.3 is 0 Å². The highest BCUT2D eigenvalue weighted by molar-refractivity contribution is 9.10. The van der Waals surface area contributed by atoms with Gasteiger partial charge in [-0.3, -0.25) is 4.79 Å². The Morgan fingerprint density at radius 3 is 2.47 bits per heavy atom. The zero-order valence-corrected chi connectivity index (χ0v) is 20.8.